The number of aliphatic hydroxyl groups excluding tert-OH is 1. The summed E-state index contributed by atoms with van der Waals surface area (Å²) >= 11 is 6.04. The Labute approximate surface area is 113 Å². The number of anilines is 1. The van der Waals surface area contributed by atoms with Gasteiger partial charge in [-0.1, -0.05) is 24.6 Å². The molecule has 0 aliphatic rings. The van der Waals surface area contributed by atoms with E-state index in [1.54, 1.807) is 6.07 Å². The summed E-state index contributed by atoms with van der Waals surface area (Å²) in [5.41, 5.74) is 1.67. The minimum Gasteiger partial charge on any atom is -0.395 e. The van der Waals surface area contributed by atoms with Gasteiger partial charge in [0, 0.05) is 6.54 Å². The molecule has 0 saturated carbocycles. The summed E-state index contributed by atoms with van der Waals surface area (Å²) in [6.07, 6.45) is 0. The van der Waals surface area contributed by atoms with E-state index in [2.05, 4.69) is 5.32 Å². The first-order valence-electron chi connectivity index (χ1n) is 5.96. The first-order chi connectivity index (χ1) is 8.56. The fourth-order valence-corrected chi connectivity index (χ4v) is 1.89. The summed E-state index contributed by atoms with van der Waals surface area (Å²) < 4.78 is 0. The fourth-order valence-electron chi connectivity index (χ4n) is 1.60. The third-order valence-corrected chi connectivity index (χ3v) is 2.94. The van der Waals surface area contributed by atoms with Crippen LogP contribution in [0.1, 0.15) is 12.5 Å². The lowest BCUT2D eigenvalue weighted by molar-refractivity contribution is -0.117. The number of benzene rings is 1. The molecule has 0 saturated heterocycles. The molecule has 0 atom stereocenters. The van der Waals surface area contributed by atoms with Gasteiger partial charge in [-0.05, 0) is 31.2 Å². The maximum Gasteiger partial charge on any atom is 0.238 e. The number of aryl methyl sites for hydroxylation is 1. The van der Waals surface area contributed by atoms with Crippen molar-refractivity contribution in [2.45, 2.75) is 13.8 Å². The molecule has 18 heavy (non-hydrogen) atoms. The van der Waals surface area contributed by atoms with Gasteiger partial charge < -0.3 is 10.4 Å². The van der Waals surface area contributed by atoms with Crippen molar-refractivity contribution >= 4 is 23.2 Å². The molecule has 0 bridgehead atoms. The Balaban J connectivity index is 2.58. The van der Waals surface area contributed by atoms with Gasteiger partial charge in [0.15, 0.2) is 0 Å². The van der Waals surface area contributed by atoms with Crippen molar-refractivity contribution in [3.63, 3.8) is 0 Å². The van der Waals surface area contributed by atoms with Gasteiger partial charge in [-0.15, -0.1) is 0 Å². The topological polar surface area (TPSA) is 52.6 Å². The predicted octanol–water partition coefficient (Wildman–Crippen LogP) is 1.90. The Bertz CT molecular complexity index is 410. The molecule has 5 heteroatoms. The van der Waals surface area contributed by atoms with Gasteiger partial charge in [0.1, 0.15) is 0 Å². The zero-order valence-electron chi connectivity index (χ0n) is 10.7. The first kappa shape index (κ1) is 15.0. The smallest absolute Gasteiger partial charge is 0.238 e. The zero-order chi connectivity index (χ0) is 13.5. The third-order valence-electron chi connectivity index (χ3n) is 2.63. The summed E-state index contributed by atoms with van der Waals surface area (Å²) in [4.78, 5) is 13.7. The molecular weight excluding hydrogens is 252 g/mol. The van der Waals surface area contributed by atoms with Crippen LogP contribution in [0.2, 0.25) is 5.02 Å². The van der Waals surface area contributed by atoms with Crippen LogP contribution in [0.15, 0.2) is 18.2 Å². The number of hydrogen-bond donors (Lipinski definition) is 2. The molecule has 2 N–H and O–H groups in total. The van der Waals surface area contributed by atoms with Gasteiger partial charge in [-0.25, -0.2) is 0 Å². The lowest BCUT2D eigenvalue weighted by atomic mass is 10.2. The molecule has 1 rings (SSSR count). The molecule has 0 heterocycles. The molecule has 0 spiro atoms. The largest absolute Gasteiger partial charge is 0.395 e. The second-order valence-corrected chi connectivity index (χ2v) is 4.53. The van der Waals surface area contributed by atoms with Gasteiger partial charge in [0.2, 0.25) is 5.91 Å². The molecule has 0 aliphatic heterocycles. The second-order valence-electron chi connectivity index (χ2n) is 4.12. The lowest BCUT2D eigenvalue weighted by Crippen LogP contribution is -2.35. The molecule has 0 fully saturated rings. The van der Waals surface area contributed by atoms with E-state index in [0.717, 1.165) is 12.1 Å². The number of likely N-dealkylation sites (N-methyl/N-ethyl adjacent to an activating group) is 1. The lowest BCUT2D eigenvalue weighted by Gasteiger charge is -2.18. The van der Waals surface area contributed by atoms with Crippen LogP contribution in [0, 0.1) is 6.92 Å². The van der Waals surface area contributed by atoms with Crippen molar-refractivity contribution in [2.75, 3.05) is 31.6 Å². The molecule has 100 valence electrons. The number of nitrogens with one attached hydrogen (secondary N) is 1. The standard InChI is InChI=1S/C13H19ClN2O2/c1-3-16(6-7-17)9-13(18)15-12-5-4-10(2)8-11(12)14/h4-5,8,17H,3,6-7,9H2,1-2H3,(H,15,18). The van der Waals surface area contributed by atoms with Gasteiger partial charge >= 0.3 is 0 Å². The minimum absolute atomic E-state index is 0.0480. The van der Waals surface area contributed by atoms with Crippen LogP contribution in [0.3, 0.4) is 0 Å². The summed E-state index contributed by atoms with van der Waals surface area (Å²) in [6, 6.07) is 5.49. The van der Waals surface area contributed by atoms with Gasteiger partial charge in [-0.2, -0.15) is 0 Å². The normalized spacial score (nSPS) is 10.7. The molecular formula is C13H19ClN2O2. The van der Waals surface area contributed by atoms with Crippen molar-refractivity contribution in [3.05, 3.63) is 28.8 Å². The van der Waals surface area contributed by atoms with Gasteiger partial charge in [0.25, 0.3) is 0 Å². The van der Waals surface area contributed by atoms with Crippen LogP contribution in [-0.4, -0.2) is 42.2 Å². The summed E-state index contributed by atoms with van der Waals surface area (Å²) in [5, 5.41) is 12.2. The van der Waals surface area contributed by atoms with Gasteiger partial charge in [0.05, 0.1) is 23.9 Å². The van der Waals surface area contributed by atoms with E-state index >= 15 is 0 Å². The van der Waals surface area contributed by atoms with Crippen LogP contribution in [0.5, 0.6) is 0 Å². The van der Waals surface area contributed by atoms with Crippen molar-refractivity contribution in [2.24, 2.45) is 0 Å². The summed E-state index contributed by atoms with van der Waals surface area (Å²) in [5.74, 6) is -0.129. The number of rotatable bonds is 6. The molecule has 1 amide bonds. The SMILES string of the molecule is CCN(CCO)CC(=O)Nc1ccc(C)cc1Cl. The number of aliphatic hydroxyl groups is 1. The molecule has 0 radical (unpaired) electrons. The minimum atomic E-state index is -0.129. The number of nitrogens with zero attached hydrogens (tertiary/aromatic N) is 1. The molecule has 0 aromatic heterocycles. The molecule has 1 aromatic carbocycles. The van der Waals surface area contributed by atoms with E-state index in [1.807, 2.05) is 30.9 Å². The number of amides is 1. The average molecular weight is 271 g/mol. The monoisotopic (exact) mass is 270 g/mol. The van der Waals surface area contributed by atoms with Crippen molar-refractivity contribution < 1.29 is 9.90 Å². The first-order valence-corrected chi connectivity index (χ1v) is 6.33. The molecule has 0 unspecified atom stereocenters. The van der Waals surface area contributed by atoms with E-state index in [-0.39, 0.29) is 19.1 Å². The van der Waals surface area contributed by atoms with E-state index in [9.17, 15) is 4.79 Å². The number of hydrogen-bond acceptors (Lipinski definition) is 3. The van der Waals surface area contributed by atoms with Crippen LogP contribution in [-0.2, 0) is 4.79 Å². The van der Waals surface area contributed by atoms with Crippen molar-refractivity contribution in [1.82, 2.24) is 4.90 Å². The van der Waals surface area contributed by atoms with Gasteiger partial charge in [-0.3, -0.25) is 9.69 Å². The predicted molar refractivity (Wildman–Crippen MR) is 74.0 cm³/mol. The fraction of sp³-hybridized carbons (Fsp3) is 0.462. The Morgan fingerprint density at radius 1 is 1.50 bits per heavy atom. The Morgan fingerprint density at radius 3 is 2.78 bits per heavy atom. The highest BCUT2D eigenvalue weighted by atomic mass is 35.5. The molecule has 1 aromatic rings. The van der Waals surface area contributed by atoms with Crippen LogP contribution in [0.25, 0.3) is 0 Å². The number of carbonyl (C=O) groups is 1. The maximum absolute atomic E-state index is 11.8. The van der Waals surface area contributed by atoms with Crippen LogP contribution < -0.4 is 5.32 Å². The maximum atomic E-state index is 11.8. The van der Waals surface area contributed by atoms with Crippen LogP contribution in [0.4, 0.5) is 5.69 Å². The summed E-state index contributed by atoms with van der Waals surface area (Å²) in [6.45, 7) is 5.40. The Hall–Kier alpha value is -1.10. The Morgan fingerprint density at radius 2 is 2.22 bits per heavy atom. The summed E-state index contributed by atoms with van der Waals surface area (Å²) in [7, 11) is 0. The highest BCUT2D eigenvalue weighted by Crippen LogP contribution is 2.22. The molecule has 4 nitrogen and oxygen atoms in total. The zero-order valence-corrected chi connectivity index (χ0v) is 11.5. The number of carbonyl (C=O) groups excluding carboxylic acids is 1. The Kier molecular flexibility index (Phi) is 6.12. The highest BCUT2D eigenvalue weighted by Gasteiger charge is 2.10. The van der Waals surface area contributed by atoms with E-state index in [1.165, 1.54) is 0 Å². The van der Waals surface area contributed by atoms with Crippen molar-refractivity contribution in [1.29, 1.82) is 0 Å². The number of halogens is 1. The molecule has 0 aliphatic carbocycles. The van der Waals surface area contributed by atoms with Crippen molar-refractivity contribution in [3.8, 4) is 0 Å². The van der Waals surface area contributed by atoms with E-state index < -0.39 is 0 Å². The van der Waals surface area contributed by atoms with E-state index in [4.69, 9.17) is 16.7 Å². The quantitative estimate of drug-likeness (QED) is 0.830. The average Bonchev–Trinajstić information content (AvgIpc) is 2.32. The van der Waals surface area contributed by atoms with Crippen LogP contribution >= 0.6 is 11.6 Å². The van der Waals surface area contributed by atoms with E-state index in [0.29, 0.717) is 17.3 Å². The highest BCUT2D eigenvalue weighted by molar-refractivity contribution is 6.33. The second kappa shape index (κ2) is 7.36. The third kappa shape index (κ3) is 4.64.